The molecule has 0 bridgehead atoms. The van der Waals surface area contributed by atoms with Gasteiger partial charge in [-0.2, -0.15) is 0 Å². The second kappa shape index (κ2) is 6.32. The van der Waals surface area contributed by atoms with E-state index in [9.17, 15) is 0 Å². The Morgan fingerprint density at radius 2 is 1.65 bits per heavy atom. The zero-order valence-corrected chi connectivity index (χ0v) is 10.7. The summed E-state index contributed by atoms with van der Waals surface area (Å²) in [5.41, 5.74) is 3.76. The number of ether oxygens (including phenoxy) is 3. The lowest BCUT2D eigenvalue weighted by atomic mass is 10.0. The van der Waals surface area contributed by atoms with Crippen LogP contribution in [0.2, 0.25) is 0 Å². The first kappa shape index (κ1) is 13.6. The first-order valence-electron chi connectivity index (χ1n) is 5.47. The Hall–Kier alpha value is -1.46. The molecule has 0 heterocycles. The topological polar surface area (TPSA) is 65.7 Å². The molecule has 0 aliphatic rings. The molecular weight excluding hydrogens is 220 g/mol. The number of hydrogen-bond donors (Lipinski definition) is 2. The van der Waals surface area contributed by atoms with Crippen molar-refractivity contribution in [2.24, 2.45) is 5.84 Å². The standard InChI is InChI=1S/C12H20N2O3/c1-5-9(14-13)8-6-10(15-2)12(17-4)11(7-8)16-3/h6-7,9,14H,5,13H2,1-4H3. The van der Waals surface area contributed by atoms with Gasteiger partial charge in [0, 0.05) is 6.04 Å². The van der Waals surface area contributed by atoms with Gasteiger partial charge in [0.05, 0.1) is 21.3 Å². The summed E-state index contributed by atoms with van der Waals surface area (Å²) in [4.78, 5) is 0. The first-order valence-corrected chi connectivity index (χ1v) is 5.47. The third-order valence-corrected chi connectivity index (χ3v) is 2.70. The maximum absolute atomic E-state index is 5.51. The van der Waals surface area contributed by atoms with E-state index in [0.717, 1.165) is 12.0 Å². The molecule has 96 valence electrons. The second-order valence-corrected chi connectivity index (χ2v) is 3.59. The molecule has 3 N–H and O–H groups in total. The second-order valence-electron chi connectivity index (χ2n) is 3.59. The van der Waals surface area contributed by atoms with Crippen LogP contribution < -0.4 is 25.5 Å². The zero-order chi connectivity index (χ0) is 12.8. The molecule has 0 radical (unpaired) electrons. The fourth-order valence-corrected chi connectivity index (χ4v) is 1.75. The van der Waals surface area contributed by atoms with Gasteiger partial charge >= 0.3 is 0 Å². The van der Waals surface area contributed by atoms with Crippen LogP contribution in [-0.2, 0) is 0 Å². The van der Waals surface area contributed by atoms with Gasteiger partial charge in [-0.1, -0.05) is 6.92 Å². The number of nitrogens with one attached hydrogen (secondary N) is 1. The van der Waals surface area contributed by atoms with Crippen LogP contribution in [0.5, 0.6) is 17.2 Å². The Morgan fingerprint density at radius 1 is 1.12 bits per heavy atom. The van der Waals surface area contributed by atoms with E-state index in [-0.39, 0.29) is 6.04 Å². The molecule has 0 amide bonds. The molecule has 1 atom stereocenters. The Bertz CT molecular complexity index is 340. The van der Waals surface area contributed by atoms with E-state index in [0.29, 0.717) is 17.2 Å². The van der Waals surface area contributed by atoms with E-state index in [2.05, 4.69) is 5.43 Å². The van der Waals surface area contributed by atoms with Crippen molar-refractivity contribution in [2.75, 3.05) is 21.3 Å². The summed E-state index contributed by atoms with van der Waals surface area (Å²) >= 11 is 0. The van der Waals surface area contributed by atoms with Crippen molar-refractivity contribution in [2.45, 2.75) is 19.4 Å². The lowest BCUT2D eigenvalue weighted by Gasteiger charge is -2.18. The smallest absolute Gasteiger partial charge is 0.203 e. The fourth-order valence-electron chi connectivity index (χ4n) is 1.75. The molecule has 0 aromatic heterocycles. The van der Waals surface area contributed by atoms with E-state index in [1.165, 1.54) is 0 Å². The molecule has 5 heteroatoms. The third kappa shape index (κ3) is 2.81. The molecule has 17 heavy (non-hydrogen) atoms. The van der Waals surface area contributed by atoms with Crippen molar-refractivity contribution in [1.82, 2.24) is 5.43 Å². The number of methoxy groups -OCH3 is 3. The van der Waals surface area contributed by atoms with Gasteiger partial charge in [-0.05, 0) is 24.1 Å². The van der Waals surface area contributed by atoms with Crippen LogP contribution in [0.4, 0.5) is 0 Å². The molecule has 1 rings (SSSR count). The lowest BCUT2D eigenvalue weighted by Crippen LogP contribution is -2.27. The van der Waals surface area contributed by atoms with Crippen LogP contribution >= 0.6 is 0 Å². The summed E-state index contributed by atoms with van der Waals surface area (Å²) in [5, 5.41) is 0. The largest absolute Gasteiger partial charge is 0.493 e. The van der Waals surface area contributed by atoms with Gasteiger partial charge in [0.15, 0.2) is 11.5 Å². The van der Waals surface area contributed by atoms with Crippen molar-refractivity contribution in [1.29, 1.82) is 0 Å². The average molecular weight is 240 g/mol. The Labute approximate surface area is 102 Å². The minimum absolute atomic E-state index is 0.0590. The molecule has 0 saturated carbocycles. The summed E-state index contributed by atoms with van der Waals surface area (Å²) in [5.74, 6) is 7.36. The van der Waals surface area contributed by atoms with Crippen molar-refractivity contribution in [3.63, 3.8) is 0 Å². The summed E-state index contributed by atoms with van der Waals surface area (Å²) in [7, 11) is 4.77. The third-order valence-electron chi connectivity index (χ3n) is 2.70. The highest BCUT2D eigenvalue weighted by molar-refractivity contribution is 5.54. The van der Waals surface area contributed by atoms with E-state index in [1.807, 2.05) is 19.1 Å². The van der Waals surface area contributed by atoms with Crippen molar-refractivity contribution < 1.29 is 14.2 Å². The Morgan fingerprint density at radius 3 is 1.94 bits per heavy atom. The number of nitrogens with two attached hydrogens (primary N) is 1. The van der Waals surface area contributed by atoms with E-state index < -0.39 is 0 Å². The number of rotatable bonds is 6. The molecule has 5 nitrogen and oxygen atoms in total. The minimum atomic E-state index is 0.0590. The Balaban J connectivity index is 3.26. The molecule has 0 spiro atoms. The summed E-state index contributed by atoms with van der Waals surface area (Å²) < 4.78 is 15.8. The molecule has 0 aliphatic heterocycles. The molecule has 0 saturated heterocycles. The van der Waals surface area contributed by atoms with Crippen LogP contribution in [0.15, 0.2) is 12.1 Å². The van der Waals surface area contributed by atoms with Crippen molar-refractivity contribution in [3.05, 3.63) is 17.7 Å². The summed E-state index contributed by atoms with van der Waals surface area (Å²) in [6, 6.07) is 3.86. The monoisotopic (exact) mass is 240 g/mol. The highest BCUT2D eigenvalue weighted by Crippen LogP contribution is 2.39. The fraction of sp³-hybridized carbons (Fsp3) is 0.500. The highest BCUT2D eigenvalue weighted by Gasteiger charge is 2.16. The van der Waals surface area contributed by atoms with Gasteiger partial charge in [-0.3, -0.25) is 11.3 Å². The van der Waals surface area contributed by atoms with Crippen LogP contribution in [0, 0.1) is 0 Å². The molecule has 1 aromatic carbocycles. The molecule has 0 fully saturated rings. The average Bonchev–Trinajstić information content (AvgIpc) is 2.38. The summed E-state index contributed by atoms with van der Waals surface area (Å²) in [6.45, 7) is 2.05. The minimum Gasteiger partial charge on any atom is -0.493 e. The first-order chi connectivity index (χ1) is 8.21. The quantitative estimate of drug-likeness (QED) is 0.584. The van der Waals surface area contributed by atoms with Crippen LogP contribution in [0.3, 0.4) is 0 Å². The molecule has 1 unspecified atom stereocenters. The lowest BCUT2D eigenvalue weighted by molar-refractivity contribution is 0.323. The predicted molar refractivity (Wildman–Crippen MR) is 66.5 cm³/mol. The maximum atomic E-state index is 5.51. The van der Waals surface area contributed by atoms with E-state index >= 15 is 0 Å². The van der Waals surface area contributed by atoms with E-state index in [4.69, 9.17) is 20.1 Å². The van der Waals surface area contributed by atoms with Crippen LogP contribution in [0.25, 0.3) is 0 Å². The van der Waals surface area contributed by atoms with Crippen molar-refractivity contribution in [3.8, 4) is 17.2 Å². The van der Waals surface area contributed by atoms with Gasteiger partial charge in [0.25, 0.3) is 0 Å². The number of hydrogen-bond acceptors (Lipinski definition) is 5. The van der Waals surface area contributed by atoms with E-state index in [1.54, 1.807) is 21.3 Å². The SMILES string of the molecule is CCC(NN)c1cc(OC)c(OC)c(OC)c1. The van der Waals surface area contributed by atoms with Gasteiger partial charge in [0.1, 0.15) is 0 Å². The van der Waals surface area contributed by atoms with Crippen molar-refractivity contribution >= 4 is 0 Å². The summed E-state index contributed by atoms with van der Waals surface area (Å²) in [6.07, 6.45) is 0.870. The van der Waals surface area contributed by atoms with Crippen LogP contribution in [0.1, 0.15) is 24.9 Å². The number of hydrazine groups is 1. The van der Waals surface area contributed by atoms with Gasteiger partial charge in [-0.15, -0.1) is 0 Å². The highest BCUT2D eigenvalue weighted by atomic mass is 16.5. The molecular formula is C12H20N2O3. The predicted octanol–water partition coefficient (Wildman–Crippen LogP) is 1.63. The zero-order valence-electron chi connectivity index (χ0n) is 10.7. The van der Waals surface area contributed by atoms with Gasteiger partial charge in [-0.25, -0.2) is 0 Å². The van der Waals surface area contributed by atoms with Crippen LogP contribution in [-0.4, -0.2) is 21.3 Å². The van der Waals surface area contributed by atoms with Gasteiger partial charge in [0.2, 0.25) is 5.75 Å². The van der Waals surface area contributed by atoms with Gasteiger partial charge < -0.3 is 14.2 Å². The molecule has 1 aromatic rings. The Kier molecular flexibility index (Phi) is 5.06. The molecule has 0 aliphatic carbocycles. The maximum Gasteiger partial charge on any atom is 0.203 e. The normalized spacial score (nSPS) is 12.1. The number of benzene rings is 1.